The van der Waals surface area contributed by atoms with Crippen LogP contribution in [0, 0.1) is 11.6 Å². The number of aromatic amines is 1. The van der Waals surface area contributed by atoms with E-state index in [1.807, 2.05) is 0 Å². The predicted molar refractivity (Wildman–Crippen MR) is 103 cm³/mol. The molecule has 1 atom stereocenters. The molecule has 4 N–H and O–H groups in total. The number of halogens is 3. The fraction of sp³-hybridized carbons (Fsp3) is 0.250. The maximum Gasteiger partial charge on any atom is 0.220 e. The molecule has 3 aromatic rings. The van der Waals surface area contributed by atoms with Crippen molar-refractivity contribution in [1.82, 2.24) is 10.3 Å². The Morgan fingerprint density at radius 3 is 2.61 bits per heavy atom. The second-order valence-corrected chi connectivity index (χ2v) is 6.87. The van der Waals surface area contributed by atoms with Crippen molar-refractivity contribution >= 4 is 28.4 Å². The summed E-state index contributed by atoms with van der Waals surface area (Å²) in [6.45, 7) is -0.510. The smallest absolute Gasteiger partial charge is 0.220 e. The molecule has 28 heavy (non-hydrogen) atoms. The first-order valence-electron chi connectivity index (χ1n) is 8.70. The van der Waals surface area contributed by atoms with E-state index in [2.05, 4.69) is 10.3 Å². The standard InChI is InChI=1S/C20H19ClF2N2O3/c21-12-7-16-15(5-6-18(28)24-9-14(27)10-26)19(25-20(16)17(23)8-12)11-1-3-13(22)4-2-11/h1-4,7-8,14,25-27H,5-6,9-10H2,(H,24,28)/t14-/m1/s1. The van der Waals surface area contributed by atoms with Crippen LogP contribution in [0.2, 0.25) is 5.02 Å². The second-order valence-electron chi connectivity index (χ2n) is 6.44. The van der Waals surface area contributed by atoms with E-state index >= 15 is 0 Å². The third-order valence-electron chi connectivity index (χ3n) is 4.41. The molecule has 1 amide bonds. The number of H-pyrrole nitrogens is 1. The summed E-state index contributed by atoms with van der Waals surface area (Å²) in [4.78, 5) is 15.1. The molecule has 0 aliphatic heterocycles. The van der Waals surface area contributed by atoms with E-state index < -0.39 is 24.3 Å². The molecule has 0 fully saturated rings. The summed E-state index contributed by atoms with van der Waals surface area (Å²) in [6.07, 6.45) is -0.680. The van der Waals surface area contributed by atoms with Crippen LogP contribution in [-0.2, 0) is 11.2 Å². The summed E-state index contributed by atoms with van der Waals surface area (Å²) in [5, 5.41) is 21.4. The Bertz CT molecular complexity index is 989. The van der Waals surface area contributed by atoms with E-state index in [9.17, 15) is 18.7 Å². The molecule has 0 aliphatic rings. The summed E-state index contributed by atoms with van der Waals surface area (Å²) < 4.78 is 27.6. The van der Waals surface area contributed by atoms with Gasteiger partial charge in [0.05, 0.1) is 18.2 Å². The number of amides is 1. The SMILES string of the molecule is O=C(CCc1c(-c2ccc(F)cc2)[nH]c2c(F)cc(Cl)cc12)NC[C@@H](O)CO. The van der Waals surface area contributed by atoms with Crippen molar-refractivity contribution in [2.24, 2.45) is 0 Å². The number of carbonyl (C=O) groups excluding carboxylic acids is 1. The van der Waals surface area contributed by atoms with Crippen LogP contribution in [0.5, 0.6) is 0 Å². The number of hydrogen-bond acceptors (Lipinski definition) is 3. The Morgan fingerprint density at radius 2 is 1.93 bits per heavy atom. The van der Waals surface area contributed by atoms with Gasteiger partial charge in [-0.2, -0.15) is 0 Å². The van der Waals surface area contributed by atoms with Gasteiger partial charge in [0.25, 0.3) is 0 Å². The molecule has 5 nitrogen and oxygen atoms in total. The van der Waals surface area contributed by atoms with E-state index in [4.69, 9.17) is 16.7 Å². The topological polar surface area (TPSA) is 85.4 Å². The molecule has 1 heterocycles. The number of aliphatic hydroxyl groups is 2. The number of benzene rings is 2. The number of hydrogen-bond donors (Lipinski definition) is 4. The molecule has 0 saturated carbocycles. The summed E-state index contributed by atoms with van der Waals surface area (Å²) in [6, 6.07) is 8.56. The molecule has 8 heteroatoms. The van der Waals surface area contributed by atoms with Crippen LogP contribution in [0.25, 0.3) is 22.2 Å². The third kappa shape index (κ3) is 4.49. The highest BCUT2D eigenvalue weighted by Gasteiger charge is 2.18. The highest BCUT2D eigenvalue weighted by Crippen LogP contribution is 2.34. The Hall–Kier alpha value is -2.48. The Balaban J connectivity index is 1.93. The molecule has 0 aliphatic carbocycles. The third-order valence-corrected chi connectivity index (χ3v) is 4.63. The summed E-state index contributed by atoms with van der Waals surface area (Å²) in [5.41, 5.74) is 2.18. The first-order valence-corrected chi connectivity index (χ1v) is 9.08. The Labute approximate surface area is 165 Å². The molecule has 0 unspecified atom stereocenters. The Kier molecular flexibility index (Phi) is 6.28. The van der Waals surface area contributed by atoms with Gasteiger partial charge in [0.2, 0.25) is 5.91 Å². The maximum absolute atomic E-state index is 14.4. The number of aliphatic hydroxyl groups excluding tert-OH is 2. The summed E-state index contributed by atoms with van der Waals surface area (Å²) >= 11 is 6.00. The van der Waals surface area contributed by atoms with Crippen molar-refractivity contribution in [2.45, 2.75) is 18.9 Å². The Morgan fingerprint density at radius 1 is 1.21 bits per heavy atom. The minimum atomic E-state index is -1.03. The quantitative estimate of drug-likeness (QED) is 0.484. The predicted octanol–water partition coefficient (Wildman–Crippen LogP) is 3.17. The molecule has 148 valence electrons. The molecular weight excluding hydrogens is 390 g/mol. The van der Waals surface area contributed by atoms with Gasteiger partial charge in [-0.1, -0.05) is 11.6 Å². The lowest BCUT2D eigenvalue weighted by Crippen LogP contribution is -2.33. The highest BCUT2D eigenvalue weighted by atomic mass is 35.5. The van der Waals surface area contributed by atoms with Crippen LogP contribution in [0.4, 0.5) is 8.78 Å². The minimum absolute atomic E-state index is 0.0610. The fourth-order valence-corrected chi connectivity index (χ4v) is 3.22. The van der Waals surface area contributed by atoms with Crippen molar-refractivity contribution in [1.29, 1.82) is 0 Å². The summed E-state index contributed by atoms with van der Waals surface area (Å²) in [7, 11) is 0. The first kappa shape index (κ1) is 20.3. The second kappa shape index (κ2) is 8.68. The van der Waals surface area contributed by atoms with Crippen LogP contribution in [0.3, 0.4) is 0 Å². The van der Waals surface area contributed by atoms with Gasteiger partial charge in [-0.15, -0.1) is 0 Å². The molecule has 0 bridgehead atoms. The zero-order valence-corrected chi connectivity index (χ0v) is 15.6. The number of carbonyl (C=O) groups is 1. The molecule has 0 radical (unpaired) electrons. The number of aryl methyl sites for hydroxylation is 1. The van der Waals surface area contributed by atoms with Gasteiger partial charge in [-0.25, -0.2) is 8.78 Å². The van der Waals surface area contributed by atoms with Gasteiger partial charge < -0.3 is 20.5 Å². The molecule has 0 saturated heterocycles. The maximum atomic E-state index is 14.4. The summed E-state index contributed by atoms with van der Waals surface area (Å²) in [5.74, 6) is -1.24. The van der Waals surface area contributed by atoms with Gasteiger partial charge in [-0.05, 0) is 53.9 Å². The van der Waals surface area contributed by atoms with E-state index in [1.54, 1.807) is 18.2 Å². The monoisotopic (exact) mass is 408 g/mol. The highest BCUT2D eigenvalue weighted by molar-refractivity contribution is 6.31. The van der Waals surface area contributed by atoms with Crippen molar-refractivity contribution < 1.29 is 23.8 Å². The van der Waals surface area contributed by atoms with Gasteiger partial charge >= 0.3 is 0 Å². The van der Waals surface area contributed by atoms with Crippen molar-refractivity contribution in [3.8, 4) is 11.3 Å². The lowest BCUT2D eigenvalue weighted by molar-refractivity contribution is -0.121. The molecule has 2 aromatic carbocycles. The minimum Gasteiger partial charge on any atom is -0.394 e. The van der Waals surface area contributed by atoms with Gasteiger partial charge in [0.15, 0.2) is 0 Å². The van der Waals surface area contributed by atoms with Crippen LogP contribution in [-0.4, -0.2) is 40.4 Å². The van der Waals surface area contributed by atoms with Crippen molar-refractivity contribution in [3.63, 3.8) is 0 Å². The van der Waals surface area contributed by atoms with Crippen molar-refractivity contribution in [3.05, 3.63) is 58.6 Å². The van der Waals surface area contributed by atoms with E-state index in [0.717, 1.165) is 0 Å². The fourth-order valence-electron chi connectivity index (χ4n) is 3.02. The van der Waals surface area contributed by atoms with Crippen LogP contribution in [0.1, 0.15) is 12.0 Å². The van der Waals surface area contributed by atoms with Gasteiger partial charge in [0, 0.05) is 29.1 Å². The van der Waals surface area contributed by atoms with Gasteiger partial charge in [0.1, 0.15) is 11.6 Å². The molecule has 0 spiro atoms. The number of aromatic nitrogens is 1. The molecule has 3 rings (SSSR count). The first-order chi connectivity index (χ1) is 13.4. The van der Waals surface area contributed by atoms with Crippen LogP contribution in [0.15, 0.2) is 36.4 Å². The van der Waals surface area contributed by atoms with E-state index in [-0.39, 0.29) is 35.8 Å². The number of rotatable bonds is 7. The van der Waals surface area contributed by atoms with Crippen molar-refractivity contribution in [2.75, 3.05) is 13.2 Å². The zero-order valence-electron chi connectivity index (χ0n) is 14.8. The average Bonchev–Trinajstić information content (AvgIpc) is 3.03. The lowest BCUT2D eigenvalue weighted by atomic mass is 10.0. The number of nitrogens with one attached hydrogen (secondary N) is 2. The largest absolute Gasteiger partial charge is 0.394 e. The van der Waals surface area contributed by atoms with Crippen LogP contribution >= 0.6 is 11.6 Å². The number of fused-ring (bicyclic) bond motifs is 1. The normalized spacial score (nSPS) is 12.3. The molecule has 1 aromatic heterocycles. The van der Waals surface area contributed by atoms with E-state index in [1.165, 1.54) is 18.2 Å². The van der Waals surface area contributed by atoms with E-state index in [0.29, 0.717) is 22.2 Å². The molecular formula is C20H19ClF2N2O3. The van der Waals surface area contributed by atoms with Crippen LogP contribution < -0.4 is 5.32 Å². The van der Waals surface area contributed by atoms with Gasteiger partial charge in [-0.3, -0.25) is 4.79 Å². The lowest BCUT2D eigenvalue weighted by Gasteiger charge is -2.10. The zero-order chi connectivity index (χ0) is 20.3. The average molecular weight is 409 g/mol.